The van der Waals surface area contributed by atoms with E-state index in [-0.39, 0.29) is 11.7 Å². The van der Waals surface area contributed by atoms with E-state index in [1.54, 1.807) is 12.1 Å². The molecule has 0 unspecified atom stereocenters. The Morgan fingerprint density at radius 3 is 3.00 bits per heavy atom. The van der Waals surface area contributed by atoms with Crippen LogP contribution < -0.4 is 5.73 Å². The second-order valence-electron chi connectivity index (χ2n) is 3.14. The van der Waals surface area contributed by atoms with Crippen LogP contribution in [0.5, 0.6) is 0 Å². The second kappa shape index (κ2) is 4.72. The van der Waals surface area contributed by atoms with Crippen molar-refractivity contribution in [3.63, 3.8) is 0 Å². The van der Waals surface area contributed by atoms with E-state index in [0.717, 1.165) is 12.8 Å². The molecule has 0 bridgehead atoms. The summed E-state index contributed by atoms with van der Waals surface area (Å²) in [7, 11) is 0. The van der Waals surface area contributed by atoms with Crippen LogP contribution in [0.2, 0.25) is 0 Å². The van der Waals surface area contributed by atoms with Crippen molar-refractivity contribution < 1.29 is 9.90 Å². The third-order valence-electron chi connectivity index (χ3n) is 2.04. The third-order valence-corrected chi connectivity index (χ3v) is 2.04. The summed E-state index contributed by atoms with van der Waals surface area (Å²) >= 11 is 0. The first-order valence-electron chi connectivity index (χ1n) is 4.60. The molecule has 1 atom stereocenters. The number of hydrogen-bond donors (Lipinski definition) is 2. The predicted molar refractivity (Wildman–Crippen MR) is 53.0 cm³/mol. The van der Waals surface area contributed by atoms with Gasteiger partial charge in [-0.15, -0.1) is 0 Å². The number of hydrogen-bond acceptors (Lipinski definition) is 3. The van der Waals surface area contributed by atoms with Crippen molar-refractivity contribution in [2.75, 3.05) is 0 Å². The fourth-order valence-electron chi connectivity index (χ4n) is 1.36. The number of rotatable bonds is 4. The lowest BCUT2D eigenvalue weighted by Gasteiger charge is -2.12. The van der Waals surface area contributed by atoms with Gasteiger partial charge in [0.15, 0.2) is 5.69 Å². The van der Waals surface area contributed by atoms with E-state index < -0.39 is 5.97 Å². The smallest absolute Gasteiger partial charge is 0.354 e. The number of pyridine rings is 1. The van der Waals surface area contributed by atoms with Gasteiger partial charge in [-0.1, -0.05) is 19.4 Å². The van der Waals surface area contributed by atoms with Gasteiger partial charge in [-0.25, -0.2) is 9.78 Å². The zero-order chi connectivity index (χ0) is 10.6. The first kappa shape index (κ1) is 10.7. The van der Waals surface area contributed by atoms with Crippen LogP contribution in [0.1, 0.15) is 41.9 Å². The van der Waals surface area contributed by atoms with E-state index in [1.165, 1.54) is 6.20 Å². The molecule has 0 saturated heterocycles. The molecule has 0 aliphatic carbocycles. The van der Waals surface area contributed by atoms with Crippen LogP contribution in [0.4, 0.5) is 0 Å². The SMILES string of the molecule is CCC[C@@H](N)c1cccnc1C(=O)O. The summed E-state index contributed by atoms with van der Waals surface area (Å²) in [5.74, 6) is -1.02. The summed E-state index contributed by atoms with van der Waals surface area (Å²) < 4.78 is 0. The molecule has 4 nitrogen and oxygen atoms in total. The number of aromatic carboxylic acids is 1. The molecule has 0 spiro atoms. The van der Waals surface area contributed by atoms with Crippen LogP contribution in [-0.4, -0.2) is 16.1 Å². The fraction of sp³-hybridized carbons (Fsp3) is 0.400. The fourth-order valence-corrected chi connectivity index (χ4v) is 1.36. The van der Waals surface area contributed by atoms with Crippen LogP contribution in [0, 0.1) is 0 Å². The normalized spacial score (nSPS) is 12.4. The van der Waals surface area contributed by atoms with Gasteiger partial charge in [-0.05, 0) is 12.5 Å². The molecule has 0 aromatic carbocycles. The molecular weight excluding hydrogens is 180 g/mol. The molecule has 0 amide bonds. The van der Waals surface area contributed by atoms with Gasteiger partial charge in [-0.3, -0.25) is 0 Å². The van der Waals surface area contributed by atoms with Gasteiger partial charge in [-0.2, -0.15) is 0 Å². The lowest BCUT2D eigenvalue weighted by Crippen LogP contribution is -2.15. The van der Waals surface area contributed by atoms with Crippen LogP contribution in [0.3, 0.4) is 0 Å². The minimum absolute atomic E-state index is 0.0634. The Balaban J connectivity index is 3.00. The van der Waals surface area contributed by atoms with Crippen LogP contribution >= 0.6 is 0 Å². The molecule has 0 fully saturated rings. The van der Waals surface area contributed by atoms with Crippen molar-refractivity contribution in [1.82, 2.24) is 4.98 Å². The summed E-state index contributed by atoms with van der Waals surface area (Å²) in [6, 6.07) is 3.19. The Bertz CT molecular complexity index is 326. The Morgan fingerprint density at radius 1 is 1.71 bits per heavy atom. The Kier molecular flexibility index (Phi) is 3.59. The molecular formula is C10H14N2O2. The minimum atomic E-state index is -1.02. The highest BCUT2D eigenvalue weighted by Crippen LogP contribution is 2.18. The first-order valence-corrected chi connectivity index (χ1v) is 4.60. The molecule has 3 N–H and O–H groups in total. The van der Waals surface area contributed by atoms with Crippen molar-refractivity contribution in [2.24, 2.45) is 5.73 Å². The predicted octanol–water partition coefficient (Wildman–Crippen LogP) is 1.58. The zero-order valence-corrected chi connectivity index (χ0v) is 8.10. The van der Waals surface area contributed by atoms with Gasteiger partial charge < -0.3 is 10.8 Å². The molecule has 0 saturated carbocycles. The van der Waals surface area contributed by atoms with Crippen molar-refractivity contribution >= 4 is 5.97 Å². The molecule has 14 heavy (non-hydrogen) atoms. The van der Waals surface area contributed by atoms with Crippen molar-refractivity contribution in [2.45, 2.75) is 25.8 Å². The molecule has 1 rings (SSSR count). The molecule has 0 radical (unpaired) electrons. The molecule has 76 valence electrons. The standard InChI is InChI=1S/C10H14N2O2/c1-2-4-8(11)7-5-3-6-12-9(7)10(13)14/h3,5-6,8H,2,4,11H2,1H3,(H,13,14)/t8-/m1/s1. The molecule has 1 heterocycles. The van der Waals surface area contributed by atoms with Gasteiger partial charge in [0.2, 0.25) is 0 Å². The quantitative estimate of drug-likeness (QED) is 0.762. The van der Waals surface area contributed by atoms with Gasteiger partial charge in [0.05, 0.1) is 0 Å². The molecule has 0 aliphatic heterocycles. The maximum atomic E-state index is 10.8. The van der Waals surface area contributed by atoms with Crippen molar-refractivity contribution in [3.8, 4) is 0 Å². The van der Waals surface area contributed by atoms with E-state index in [9.17, 15) is 4.79 Å². The molecule has 4 heteroatoms. The van der Waals surface area contributed by atoms with E-state index in [0.29, 0.717) is 5.56 Å². The summed E-state index contributed by atoms with van der Waals surface area (Å²) in [5.41, 5.74) is 6.52. The number of nitrogens with zero attached hydrogens (tertiary/aromatic N) is 1. The van der Waals surface area contributed by atoms with Gasteiger partial charge in [0, 0.05) is 17.8 Å². The monoisotopic (exact) mass is 194 g/mol. The Labute approximate surface area is 82.8 Å². The molecule has 0 aliphatic rings. The highest BCUT2D eigenvalue weighted by atomic mass is 16.4. The Morgan fingerprint density at radius 2 is 2.43 bits per heavy atom. The lowest BCUT2D eigenvalue weighted by molar-refractivity contribution is 0.0688. The van der Waals surface area contributed by atoms with E-state index >= 15 is 0 Å². The van der Waals surface area contributed by atoms with Crippen molar-refractivity contribution in [3.05, 3.63) is 29.6 Å². The van der Waals surface area contributed by atoms with Crippen LogP contribution in [0.25, 0.3) is 0 Å². The number of carboxylic acids is 1. The second-order valence-corrected chi connectivity index (χ2v) is 3.14. The van der Waals surface area contributed by atoms with E-state index in [2.05, 4.69) is 4.98 Å². The van der Waals surface area contributed by atoms with E-state index in [1.807, 2.05) is 6.92 Å². The summed E-state index contributed by atoms with van der Waals surface area (Å²) in [5, 5.41) is 8.86. The van der Waals surface area contributed by atoms with Gasteiger partial charge in [0.25, 0.3) is 0 Å². The topological polar surface area (TPSA) is 76.2 Å². The highest BCUT2D eigenvalue weighted by Gasteiger charge is 2.15. The maximum absolute atomic E-state index is 10.8. The lowest BCUT2D eigenvalue weighted by atomic mass is 10.0. The van der Waals surface area contributed by atoms with Crippen molar-refractivity contribution in [1.29, 1.82) is 0 Å². The van der Waals surface area contributed by atoms with Crippen LogP contribution in [-0.2, 0) is 0 Å². The molecule has 1 aromatic heterocycles. The van der Waals surface area contributed by atoms with Crippen LogP contribution in [0.15, 0.2) is 18.3 Å². The minimum Gasteiger partial charge on any atom is -0.477 e. The zero-order valence-electron chi connectivity index (χ0n) is 8.10. The first-order chi connectivity index (χ1) is 6.66. The average Bonchev–Trinajstić information content (AvgIpc) is 2.18. The summed E-state index contributed by atoms with van der Waals surface area (Å²) in [4.78, 5) is 14.6. The number of aromatic nitrogens is 1. The number of nitrogens with two attached hydrogens (primary N) is 1. The average molecular weight is 194 g/mol. The summed E-state index contributed by atoms with van der Waals surface area (Å²) in [6.45, 7) is 2.01. The maximum Gasteiger partial charge on any atom is 0.354 e. The molecule has 1 aromatic rings. The number of carbonyl (C=O) groups is 1. The third kappa shape index (κ3) is 2.29. The van der Waals surface area contributed by atoms with Gasteiger partial charge in [0.1, 0.15) is 0 Å². The Hall–Kier alpha value is -1.42. The highest BCUT2D eigenvalue weighted by molar-refractivity contribution is 5.87. The van der Waals surface area contributed by atoms with E-state index in [4.69, 9.17) is 10.8 Å². The summed E-state index contributed by atoms with van der Waals surface area (Å²) in [6.07, 6.45) is 3.16. The van der Waals surface area contributed by atoms with Gasteiger partial charge >= 0.3 is 5.97 Å². The largest absolute Gasteiger partial charge is 0.477 e. The number of carboxylic acid groups (broad SMARTS) is 1.